The molecule has 2 N–H and O–H groups in total. The average molecular weight is 404 g/mol. The number of carbonyl (C=O) groups is 1. The largest absolute Gasteiger partial charge is 0.385 e. The summed E-state index contributed by atoms with van der Waals surface area (Å²) in [4.78, 5) is 16.5. The highest BCUT2D eigenvalue weighted by Gasteiger charge is 2.13. The number of ether oxygens (including phenoxy) is 1. The zero-order valence-corrected chi connectivity index (χ0v) is 16.1. The van der Waals surface area contributed by atoms with Crippen LogP contribution in [0.4, 0.5) is 10.9 Å². The van der Waals surface area contributed by atoms with Crippen molar-refractivity contribution >= 4 is 39.8 Å². The molecule has 0 saturated carbocycles. The normalized spacial score (nSPS) is 11.8. The Labute approximate surface area is 165 Å². The van der Waals surface area contributed by atoms with Crippen LogP contribution in [0.2, 0.25) is 5.02 Å². The van der Waals surface area contributed by atoms with E-state index in [4.69, 9.17) is 16.3 Å². The van der Waals surface area contributed by atoms with E-state index >= 15 is 0 Å². The Balaban J connectivity index is 1.68. The summed E-state index contributed by atoms with van der Waals surface area (Å²) in [5.41, 5.74) is 3.07. The van der Waals surface area contributed by atoms with Crippen LogP contribution < -0.4 is 10.6 Å². The third-order valence-corrected chi connectivity index (χ3v) is 4.67. The van der Waals surface area contributed by atoms with Crippen LogP contribution in [0.5, 0.6) is 0 Å². The first-order valence-corrected chi connectivity index (χ1v) is 9.46. The van der Waals surface area contributed by atoms with Crippen LogP contribution in [-0.2, 0) is 4.74 Å². The molecule has 3 rings (SSSR count). The molecule has 27 heavy (non-hydrogen) atoms. The van der Waals surface area contributed by atoms with Crippen LogP contribution in [0.1, 0.15) is 28.4 Å². The summed E-state index contributed by atoms with van der Waals surface area (Å²) in [6.45, 7) is 0.600. The van der Waals surface area contributed by atoms with Gasteiger partial charge in [-0.2, -0.15) is 0 Å². The molecule has 0 fully saturated rings. The van der Waals surface area contributed by atoms with E-state index in [0.717, 1.165) is 12.0 Å². The minimum atomic E-state index is -0.278. The molecule has 0 spiro atoms. The zero-order valence-electron chi connectivity index (χ0n) is 14.6. The van der Waals surface area contributed by atoms with Crippen molar-refractivity contribution in [3.05, 3.63) is 64.3 Å². The lowest BCUT2D eigenvalue weighted by Crippen LogP contribution is -2.15. The van der Waals surface area contributed by atoms with Gasteiger partial charge in [0.15, 0.2) is 0 Å². The predicted molar refractivity (Wildman–Crippen MR) is 106 cm³/mol. The van der Waals surface area contributed by atoms with Crippen molar-refractivity contribution in [1.82, 2.24) is 15.2 Å². The number of nitrogens with zero attached hydrogens (tertiary/aromatic N) is 3. The molecule has 1 atom stereocenters. The maximum absolute atomic E-state index is 12.2. The minimum Gasteiger partial charge on any atom is -0.385 e. The fraction of sp³-hybridized carbons (Fsp3) is 0.222. The summed E-state index contributed by atoms with van der Waals surface area (Å²) in [5, 5.41) is 14.7. The molecule has 140 valence electrons. The number of benzene rings is 1. The van der Waals surface area contributed by atoms with Gasteiger partial charge in [-0.25, -0.2) is 4.98 Å². The van der Waals surface area contributed by atoms with Gasteiger partial charge in [-0.3, -0.25) is 10.1 Å². The smallest absolute Gasteiger partial charge is 0.259 e. The predicted octanol–water partition coefficient (Wildman–Crippen LogP) is 4.03. The van der Waals surface area contributed by atoms with E-state index < -0.39 is 0 Å². The molecular weight excluding hydrogens is 386 g/mol. The van der Waals surface area contributed by atoms with E-state index in [2.05, 4.69) is 25.8 Å². The number of methoxy groups -OCH3 is 1. The summed E-state index contributed by atoms with van der Waals surface area (Å²) in [7, 11) is 1.67. The Hall–Kier alpha value is -2.55. The monoisotopic (exact) mass is 403 g/mol. The second-order valence-electron chi connectivity index (χ2n) is 5.66. The third-order valence-electron chi connectivity index (χ3n) is 3.81. The lowest BCUT2D eigenvalue weighted by Gasteiger charge is -2.20. The first kappa shape index (κ1) is 19.2. The minimum absolute atomic E-state index is 0.00999. The fourth-order valence-corrected chi connectivity index (χ4v) is 3.01. The maximum atomic E-state index is 12.2. The van der Waals surface area contributed by atoms with E-state index in [0.29, 0.717) is 28.1 Å². The number of hydrogen-bond donors (Lipinski definition) is 2. The zero-order chi connectivity index (χ0) is 19.1. The number of rotatable bonds is 8. The summed E-state index contributed by atoms with van der Waals surface area (Å²) in [5.74, 6) is 0.387. The van der Waals surface area contributed by atoms with E-state index in [1.165, 1.54) is 17.5 Å². The maximum Gasteiger partial charge on any atom is 0.259 e. The molecule has 0 radical (unpaired) electrons. The van der Waals surface area contributed by atoms with Gasteiger partial charge in [-0.05, 0) is 36.2 Å². The first-order valence-electron chi connectivity index (χ1n) is 8.20. The van der Waals surface area contributed by atoms with Crippen molar-refractivity contribution in [1.29, 1.82) is 0 Å². The highest BCUT2D eigenvalue weighted by Crippen LogP contribution is 2.23. The van der Waals surface area contributed by atoms with Crippen LogP contribution >= 0.6 is 22.9 Å². The number of aromatic nitrogens is 3. The highest BCUT2D eigenvalue weighted by atomic mass is 35.5. The van der Waals surface area contributed by atoms with Gasteiger partial charge in [-0.15, -0.1) is 10.2 Å². The molecule has 0 aliphatic carbocycles. The molecule has 0 saturated heterocycles. The van der Waals surface area contributed by atoms with Crippen LogP contribution in [0.25, 0.3) is 0 Å². The number of anilines is 2. The average Bonchev–Trinajstić information content (AvgIpc) is 3.19. The number of pyridine rings is 1. The summed E-state index contributed by atoms with van der Waals surface area (Å²) < 4.78 is 5.21. The quantitative estimate of drug-likeness (QED) is 0.590. The van der Waals surface area contributed by atoms with E-state index in [1.54, 1.807) is 24.8 Å². The second kappa shape index (κ2) is 9.40. The number of nitrogens with one attached hydrogen (secondary N) is 2. The van der Waals surface area contributed by atoms with Crippen molar-refractivity contribution in [2.75, 3.05) is 24.4 Å². The lowest BCUT2D eigenvalue weighted by molar-refractivity contribution is 0.102. The van der Waals surface area contributed by atoms with Crippen molar-refractivity contribution in [2.24, 2.45) is 0 Å². The van der Waals surface area contributed by atoms with Gasteiger partial charge < -0.3 is 10.1 Å². The topological polar surface area (TPSA) is 89.0 Å². The van der Waals surface area contributed by atoms with Gasteiger partial charge in [0, 0.05) is 24.9 Å². The molecule has 1 amide bonds. The highest BCUT2D eigenvalue weighted by molar-refractivity contribution is 7.13. The Bertz CT molecular complexity index is 856. The van der Waals surface area contributed by atoms with E-state index in [9.17, 15) is 4.79 Å². The third kappa shape index (κ3) is 5.46. The van der Waals surface area contributed by atoms with Crippen molar-refractivity contribution in [3.8, 4) is 0 Å². The van der Waals surface area contributed by atoms with Gasteiger partial charge in [0.05, 0.1) is 11.6 Å². The molecular formula is C18H18ClN5O2S. The van der Waals surface area contributed by atoms with Crippen LogP contribution in [0.3, 0.4) is 0 Å². The standard InChI is InChI=1S/C18H18ClN5O2S/c1-26-9-8-15(12-2-5-14(19)6-3-12)22-16-7-4-13(10-20-16)17(25)23-18-24-21-11-27-18/h2-7,10-11,15H,8-9H2,1H3,(H,20,22)(H,23,24,25). The van der Waals surface area contributed by atoms with E-state index in [1.807, 2.05) is 24.3 Å². The van der Waals surface area contributed by atoms with Crippen LogP contribution in [0, 0.1) is 0 Å². The molecule has 1 unspecified atom stereocenters. The number of halogens is 1. The molecule has 7 nitrogen and oxygen atoms in total. The number of hydrogen-bond acceptors (Lipinski definition) is 7. The molecule has 1 aromatic carbocycles. The molecule has 2 heterocycles. The SMILES string of the molecule is COCCC(Nc1ccc(C(=O)Nc2nncs2)cn1)c1ccc(Cl)cc1. The lowest BCUT2D eigenvalue weighted by atomic mass is 10.0. The van der Waals surface area contributed by atoms with E-state index in [-0.39, 0.29) is 11.9 Å². The second-order valence-corrected chi connectivity index (χ2v) is 6.93. The first-order chi connectivity index (χ1) is 13.2. The Morgan fingerprint density at radius 3 is 2.70 bits per heavy atom. The summed E-state index contributed by atoms with van der Waals surface area (Å²) in [6.07, 6.45) is 2.28. The molecule has 0 bridgehead atoms. The Morgan fingerprint density at radius 2 is 2.07 bits per heavy atom. The van der Waals surface area contributed by atoms with Crippen molar-refractivity contribution in [3.63, 3.8) is 0 Å². The molecule has 0 aliphatic heterocycles. The molecule has 2 aromatic heterocycles. The summed E-state index contributed by atoms with van der Waals surface area (Å²) >= 11 is 7.23. The Kier molecular flexibility index (Phi) is 6.69. The molecule has 0 aliphatic rings. The van der Waals surface area contributed by atoms with Crippen molar-refractivity contribution in [2.45, 2.75) is 12.5 Å². The van der Waals surface area contributed by atoms with Gasteiger partial charge in [0.1, 0.15) is 11.3 Å². The van der Waals surface area contributed by atoms with Gasteiger partial charge in [0.25, 0.3) is 5.91 Å². The fourth-order valence-electron chi connectivity index (χ4n) is 2.44. The Morgan fingerprint density at radius 1 is 1.26 bits per heavy atom. The summed E-state index contributed by atoms with van der Waals surface area (Å²) in [6, 6.07) is 11.1. The molecule has 9 heteroatoms. The van der Waals surface area contributed by atoms with Gasteiger partial charge >= 0.3 is 0 Å². The van der Waals surface area contributed by atoms with Crippen LogP contribution in [0.15, 0.2) is 48.1 Å². The number of amides is 1. The number of carbonyl (C=O) groups excluding carboxylic acids is 1. The molecule has 3 aromatic rings. The van der Waals surface area contributed by atoms with Gasteiger partial charge in [-0.1, -0.05) is 35.1 Å². The van der Waals surface area contributed by atoms with Gasteiger partial charge in [0.2, 0.25) is 5.13 Å². The van der Waals surface area contributed by atoms with Crippen LogP contribution in [-0.4, -0.2) is 34.8 Å². The van der Waals surface area contributed by atoms with Crippen molar-refractivity contribution < 1.29 is 9.53 Å².